The second kappa shape index (κ2) is 6.12. The van der Waals surface area contributed by atoms with Crippen LogP contribution in [0.1, 0.15) is 41.9 Å². The molecule has 1 saturated heterocycles. The summed E-state index contributed by atoms with van der Waals surface area (Å²) in [6.45, 7) is 3.46. The van der Waals surface area contributed by atoms with Crippen molar-refractivity contribution in [3.8, 4) is 11.5 Å². The number of aryl methyl sites for hydroxylation is 1. The van der Waals surface area contributed by atoms with Crippen LogP contribution in [-0.2, 0) is 0 Å². The van der Waals surface area contributed by atoms with Crippen LogP contribution in [-0.4, -0.2) is 28.9 Å². The van der Waals surface area contributed by atoms with E-state index in [0.29, 0.717) is 17.3 Å². The number of carbonyl (C=O) groups is 1. The van der Waals surface area contributed by atoms with Crippen LogP contribution in [0.5, 0.6) is 0 Å². The Balaban J connectivity index is 1.85. The molecule has 0 spiro atoms. The molecule has 0 saturated carbocycles. The molecule has 21 heavy (non-hydrogen) atoms. The Labute approximate surface area is 124 Å². The largest absolute Gasteiger partial charge is 0.441 e. The molecule has 0 unspecified atom stereocenters. The Morgan fingerprint density at radius 2 is 1.76 bits per heavy atom. The van der Waals surface area contributed by atoms with Gasteiger partial charge in [0, 0.05) is 18.7 Å². The van der Waals surface area contributed by atoms with Crippen molar-refractivity contribution in [1.29, 1.82) is 0 Å². The molecule has 0 bridgehead atoms. The molecule has 4 nitrogen and oxygen atoms in total. The van der Waals surface area contributed by atoms with Gasteiger partial charge in [-0.05, 0) is 31.9 Å². The lowest BCUT2D eigenvalue weighted by molar-refractivity contribution is 0.0754. The van der Waals surface area contributed by atoms with Crippen LogP contribution in [0.3, 0.4) is 0 Å². The van der Waals surface area contributed by atoms with Crippen molar-refractivity contribution in [2.45, 2.75) is 32.6 Å². The van der Waals surface area contributed by atoms with Crippen LogP contribution in [0.4, 0.5) is 0 Å². The highest BCUT2D eigenvalue weighted by Crippen LogP contribution is 2.23. The van der Waals surface area contributed by atoms with Gasteiger partial charge in [-0.15, -0.1) is 0 Å². The monoisotopic (exact) mass is 284 g/mol. The van der Waals surface area contributed by atoms with E-state index in [2.05, 4.69) is 4.98 Å². The lowest BCUT2D eigenvalue weighted by Crippen LogP contribution is -2.32. The lowest BCUT2D eigenvalue weighted by Gasteiger charge is -2.18. The van der Waals surface area contributed by atoms with Gasteiger partial charge < -0.3 is 9.32 Å². The zero-order valence-electron chi connectivity index (χ0n) is 12.3. The molecular weight excluding hydrogens is 264 g/mol. The van der Waals surface area contributed by atoms with Gasteiger partial charge in [0.05, 0.1) is 0 Å². The standard InChI is InChI=1S/C17H20N2O2/c1-13-15(17(20)19-11-7-2-3-8-12-19)18-16(21-13)14-9-5-4-6-10-14/h4-6,9-10H,2-3,7-8,11-12H2,1H3. The average Bonchev–Trinajstić information content (AvgIpc) is 2.74. The Kier molecular flexibility index (Phi) is 4.04. The fourth-order valence-electron chi connectivity index (χ4n) is 2.72. The van der Waals surface area contributed by atoms with Crippen LogP contribution in [0.25, 0.3) is 11.5 Å². The topological polar surface area (TPSA) is 46.3 Å². The molecule has 0 atom stereocenters. The van der Waals surface area contributed by atoms with Crippen molar-refractivity contribution >= 4 is 5.91 Å². The van der Waals surface area contributed by atoms with Gasteiger partial charge in [0.2, 0.25) is 5.89 Å². The van der Waals surface area contributed by atoms with Crippen molar-refractivity contribution in [3.63, 3.8) is 0 Å². The molecule has 1 amide bonds. The van der Waals surface area contributed by atoms with E-state index in [1.807, 2.05) is 42.2 Å². The van der Waals surface area contributed by atoms with Gasteiger partial charge in [0.15, 0.2) is 5.69 Å². The maximum Gasteiger partial charge on any atom is 0.276 e. The molecule has 0 radical (unpaired) electrons. The highest BCUT2D eigenvalue weighted by atomic mass is 16.4. The van der Waals surface area contributed by atoms with Crippen molar-refractivity contribution in [2.24, 2.45) is 0 Å². The molecule has 1 aromatic carbocycles. The highest BCUT2D eigenvalue weighted by molar-refractivity contribution is 5.93. The van der Waals surface area contributed by atoms with E-state index in [-0.39, 0.29) is 5.91 Å². The third kappa shape index (κ3) is 2.99. The number of rotatable bonds is 2. The van der Waals surface area contributed by atoms with Gasteiger partial charge in [-0.3, -0.25) is 4.79 Å². The number of likely N-dealkylation sites (tertiary alicyclic amines) is 1. The molecule has 2 aromatic rings. The van der Waals surface area contributed by atoms with Crippen LogP contribution in [0.2, 0.25) is 0 Å². The van der Waals surface area contributed by atoms with Crippen LogP contribution in [0, 0.1) is 6.92 Å². The van der Waals surface area contributed by atoms with E-state index in [1.54, 1.807) is 0 Å². The van der Waals surface area contributed by atoms with Crippen molar-refractivity contribution in [1.82, 2.24) is 9.88 Å². The predicted octanol–water partition coefficient (Wildman–Crippen LogP) is 3.67. The molecule has 4 heteroatoms. The Hall–Kier alpha value is -2.10. The highest BCUT2D eigenvalue weighted by Gasteiger charge is 2.23. The van der Waals surface area contributed by atoms with Gasteiger partial charge in [-0.25, -0.2) is 4.98 Å². The average molecular weight is 284 g/mol. The Morgan fingerprint density at radius 3 is 2.43 bits per heavy atom. The van der Waals surface area contributed by atoms with E-state index >= 15 is 0 Å². The Bertz CT molecular complexity index is 611. The quantitative estimate of drug-likeness (QED) is 0.845. The van der Waals surface area contributed by atoms with E-state index in [1.165, 1.54) is 12.8 Å². The number of amides is 1. The normalized spacial score (nSPS) is 15.8. The van der Waals surface area contributed by atoms with E-state index in [0.717, 1.165) is 31.5 Å². The van der Waals surface area contributed by atoms with Gasteiger partial charge in [-0.2, -0.15) is 0 Å². The first kappa shape index (κ1) is 13.9. The third-order valence-electron chi connectivity index (χ3n) is 3.91. The zero-order chi connectivity index (χ0) is 14.7. The van der Waals surface area contributed by atoms with E-state index in [9.17, 15) is 4.79 Å². The first-order chi connectivity index (χ1) is 10.3. The summed E-state index contributed by atoms with van der Waals surface area (Å²) in [7, 11) is 0. The number of aromatic nitrogens is 1. The van der Waals surface area contributed by atoms with Crippen LogP contribution < -0.4 is 0 Å². The third-order valence-corrected chi connectivity index (χ3v) is 3.91. The van der Waals surface area contributed by atoms with E-state index < -0.39 is 0 Å². The second-order valence-electron chi connectivity index (χ2n) is 5.50. The molecule has 2 heterocycles. The number of oxazole rings is 1. The van der Waals surface area contributed by atoms with Crippen molar-refractivity contribution < 1.29 is 9.21 Å². The number of benzene rings is 1. The first-order valence-corrected chi connectivity index (χ1v) is 7.58. The summed E-state index contributed by atoms with van der Waals surface area (Å²) < 4.78 is 5.69. The molecule has 1 aromatic heterocycles. The number of nitrogens with zero attached hydrogens (tertiary/aromatic N) is 2. The molecule has 1 fully saturated rings. The molecule has 0 N–H and O–H groups in total. The number of hydrogen-bond acceptors (Lipinski definition) is 3. The van der Waals surface area contributed by atoms with Crippen LogP contribution >= 0.6 is 0 Å². The van der Waals surface area contributed by atoms with Crippen molar-refractivity contribution in [3.05, 3.63) is 41.8 Å². The maximum atomic E-state index is 12.6. The second-order valence-corrected chi connectivity index (χ2v) is 5.50. The van der Waals surface area contributed by atoms with E-state index in [4.69, 9.17) is 4.42 Å². The molecular formula is C17H20N2O2. The number of carbonyl (C=O) groups excluding carboxylic acids is 1. The molecule has 1 aliphatic rings. The van der Waals surface area contributed by atoms with Gasteiger partial charge in [0.25, 0.3) is 5.91 Å². The SMILES string of the molecule is Cc1oc(-c2ccccc2)nc1C(=O)N1CCCCCC1. The zero-order valence-corrected chi connectivity index (χ0v) is 12.3. The molecule has 3 rings (SSSR count). The molecule has 0 aliphatic carbocycles. The fraction of sp³-hybridized carbons (Fsp3) is 0.412. The summed E-state index contributed by atoms with van der Waals surface area (Å²) in [6, 6.07) is 9.69. The summed E-state index contributed by atoms with van der Waals surface area (Å²) in [6.07, 6.45) is 4.57. The predicted molar refractivity (Wildman–Crippen MR) is 81.0 cm³/mol. The van der Waals surface area contributed by atoms with Gasteiger partial charge in [0.1, 0.15) is 5.76 Å². The minimum absolute atomic E-state index is 0.000307. The summed E-state index contributed by atoms with van der Waals surface area (Å²) in [5.41, 5.74) is 1.35. The Morgan fingerprint density at radius 1 is 1.10 bits per heavy atom. The first-order valence-electron chi connectivity index (χ1n) is 7.58. The van der Waals surface area contributed by atoms with Gasteiger partial charge >= 0.3 is 0 Å². The minimum atomic E-state index is 0.000307. The minimum Gasteiger partial charge on any atom is -0.441 e. The van der Waals surface area contributed by atoms with Gasteiger partial charge in [-0.1, -0.05) is 31.0 Å². The maximum absolute atomic E-state index is 12.6. The summed E-state index contributed by atoms with van der Waals surface area (Å²) in [5.74, 6) is 1.12. The lowest BCUT2D eigenvalue weighted by atomic mass is 10.2. The fourth-order valence-corrected chi connectivity index (χ4v) is 2.72. The van der Waals surface area contributed by atoms with Crippen molar-refractivity contribution in [2.75, 3.05) is 13.1 Å². The number of hydrogen-bond donors (Lipinski definition) is 0. The summed E-state index contributed by atoms with van der Waals surface area (Å²) >= 11 is 0. The summed E-state index contributed by atoms with van der Waals surface area (Å²) in [4.78, 5) is 19.0. The smallest absolute Gasteiger partial charge is 0.276 e. The summed E-state index contributed by atoms with van der Waals surface area (Å²) in [5, 5.41) is 0. The molecule has 1 aliphatic heterocycles. The molecule has 110 valence electrons. The van der Waals surface area contributed by atoms with Crippen LogP contribution in [0.15, 0.2) is 34.7 Å².